The predicted octanol–water partition coefficient (Wildman–Crippen LogP) is 3.80. The van der Waals surface area contributed by atoms with Crippen LogP contribution in [0.2, 0.25) is 0 Å². The van der Waals surface area contributed by atoms with Crippen LogP contribution < -0.4 is 4.74 Å². The van der Waals surface area contributed by atoms with E-state index < -0.39 is 0 Å². The van der Waals surface area contributed by atoms with Gasteiger partial charge in [-0.05, 0) is 62.6 Å². The average Bonchev–Trinajstić information content (AvgIpc) is 3.47. The summed E-state index contributed by atoms with van der Waals surface area (Å²) in [6, 6.07) is 9.84. The fourth-order valence-corrected chi connectivity index (χ4v) is 5.16. The van der Waals surface area contributed by atoms with Crippen molar-refractivity contribution in [2.24, 2.45) is 7.05 Å². The van der Waals surface area contributed by atoms with E-state index >= 15 is 0 Å². The van der Waals surface area contributed by atoms with Crippen molar-refractivity contribution < 1.29 is 23.5 Å². The van der Waals surface area contributed by atoms with Gasteiger partial charge in [0.15, 0.2) is 11.6 Å². The number of methoxy groups -OCH3 is 1. The van der Waals surface area contributed by atoms with E-state index in [1.54, 1.807) is 18.9 Å². The van der Waals surface area contributed by atoms with Crippen LogP contribution in [0.1, 0.15) is 57.0 Å². The van der Waals surface area contributed by atoms with E-state index in [2.05, 4.69) is 9.55 Å². The molecule has 196 valence electrons. The number of piperidine rings is 1. The molecule has 37 heavy (non-hydrogen) atoms. The Balaban J connectivity index is 1.25. The maximum absolute atomic E-state index is 13.5. The Bertz CT molecular complexity index is 1280. The summed E-state index contributed by atoms with van der Waals surface area (Å²) >= 11 is 0. The molecule has 2 fully saturated rings. The Morgan fingerprint density at radius 2 is 1.62 bits per heavy atom. The smallest absolute Gasteiger partial charge is 0.276 e. The molecule has 0 radical (unpaired) electrons. The Hall–Kier alpha value is -3.59. The number of morpholine rings is 1. The number of nitrogens with zero attached hydrogens (tertiary/aromatic N) is 4. The first-order chi connectivity index (χ1) is 17.9. The molecule has 0 bridgehead atoms. The molecule has 2 aliphatic rings. The molecule has 1 aromatic carbocycles. The number of oxazole rings is 1. The molecule has 0 atom stereocenters. The monoisotopic (exact) mass is 506 g/mol. The zero-order valence-electron chi connectivity index (χ0n) is 22.0. The summed E-state index contributed by atoms with van der Waals surface area (Å²) in [5.41, 5.74) is 4.07. The Morgan fingerprint density at radius 3 is 2.27 bits per heavy atom. The van der Waals surface area contributed by atoms with Gasteiger partial charge in [0.25, 0.3) is 11.8 Å². The molecule has 2 saturated heterocycles. The molecule has 9 heteroatoms. The molecular weight excluding hydrogens is 472 g/mol. The highest BCUT2D eigenvalue weighted by Crippen LogP contribution is 2.32. The topological polar surface area (TPSA) is 90.0 Å². The van der Waals surface area contributed by atoms with E-state index in [4.69, 9.17) is 13.9 Å². The highest BCUT2D eigenvalue weighted by molar-refractivity contribution is 5.97. The van der Waals surface area contributed by atoms with E-state index in [1.807, 2.05) is 49.2 Å². The molecule has 0 aliphatic carbocycles. The molecule has 0 saturated carbocycles. The number of hydrogen-bond acceptors (Lipinski definition) is 6. The van der Waals surface area contributed by atoms with Crippen LogP contribution in [0.15, 0.2) is 34.7 Å². The SMILES string of the molecule is COc1ccc(-c2cc(C(=O)N3CCC(c4nc(C(=O)N5CCOCC5)c(C)o4)CC3)c(C)n2C)cc1. The van der Waals surface area contributed by atoms with Crippen molar-refractivity contribution in [1.29, 1.82) is 0 Å². The lowest BCUT2D eigenvalue weighted by Gasteiger charge is -2.30. The maximum atomic E-state index is 13.5. The number of carbonyl (C=O) groups is 2. The Labute approximate surface area is 217 Å². The number of carbonyl (C=O) groups excluding carboxylic acids is 2. The molecule has 9 nitrogen and oxygen atoms in total. The average molecular weight is 507 g/mol. The highest BCUT2D eigenvalue weighted by Gasteiger charge is 2.31. The first-order valence-corrected chi connectivity index (χ1v) is 12.8. The molecule has 2 aliphatic heterocycles. The number of amides is 2. The van der Waals surface area contributed by atoms with Crippen LogP contribution in [-0.2, 0) is 11.8 Å². The summed E-state index contributed by atoms with van der Waals surface area (Å²) in [5, 5.41) is 0. The van der Waals surface area contributed by atoms with Crippen LogP contribution in [0.4, 0.5) is 0 Å². The van der Waals surface area contributed by atoms with E-state index in [0.29, 0.717) is 56.7 Å². The lowest BCUT2D eigenvalue weighted by atomic mass is 9.96. The summed E-state index contributed by atoms with van der Waals surface area (Å²) in [7, 11) is 3.63. The van der Waals surface area contributed by atoms with Gasteiger partial charge in [0, 0.05) is 50.5 Å². The lowest BCUT2D eigenvalue weighted by Crippen LogP contribution is -2.41. The van der Waals surface area contributed by atoms with Gasteiger partial charge in [-0.3, -0.25) is 9.59 Å². The quantitative estimate of drug-likeness (QED) is 0.523. The molecule has 2 amide bonds. The van der Waals surface area contributed by atoms with Crippen LogP contribution >= 0.6 is 0 Å². The minimum absolute atomic E-state index is 0.0399. The number of hydrogen-bond donors (Lipinski definition) is 0. The summed E-state index contributed by atoms with van der Waals surface area (Å²) in [4.78, 5) is 34.6. The van der Waals surface area contributed by atoms with Gasteiger partial charge in [-0.15, -0.1) is 0 Å². The number of likely N-dealkylation sites (tertiary alicyclic amines) is 1. The Morgan fingerprint density at radius 1 is 0.973 bits per heavy atom. The van der Waals surface area contributed by atoms with Crippen LogP contribution in [0, 0.1) is 13.8 Å². The van der Waals surface area contributed by atoms with Gasteiger partial charge in [0.2, 0.25) is 0 Å². The number of ether oxygens (including phenoxy) is 2. The van der Waals surface area contributed by atoms with Gasteiger partial charge < -0.3 is 28.3 Å². The fourth-order valence-electron chi connectivity index (χ4n) is 5.16. The van der Waals surface area contributed by atoms with Crippen molar-refractivity contribution in [3.63, 3.8) is 0 Å². The van der Waals surface area contributed by atoms with Crippen molar-refractivity contribution in [3.8, 4) is 17.0 Å². The Kier molecular flexibility index (Phi) is 7.06. The third kappa shape index (κ3) is 4.87. The van der Waals surface area contributed by atoms with E-state index in [-0.39, 0.29) is 17.7 Å². The summed E-state index contributed by atoms with van der Waals surface area (Å²) in [6.07, 6.45) is 1.49. The zero-order valence-corrected chi connectivity index (χ0v) is 22.0. The maximum Gasteiger partial charge on any atom is 0.276 e. The fraction of sp³-hybridized carbons (Fsp3) is 0.464. The van der Waals surface area contributed by atoms with Crippen molar-refractivity contribution in [3.05, 3.63) is 58.9 Å². The summed E-state index contributed by atoms with van der Waals surface area (Å²) in [6.45, 7) is 7.24. The number of benzene rings is 1. The molecule has 5 rings (SSSR count). The van der Waals surface area contributed by atoms with Crippen molar-refractivity contribution in [2.75, 3.05) is 46.5 Å². The lowest BCUT2D eigenvalue weighted by molar-refractivity contribution is 0.0298. The van der Waals surface area contributed by atoms with E-state index in [0.717, 1.165) is 41.1 Å². The first-order valence-electron chi connectivity index (χ1n) is 12.8. The second-order valence-corrected chi connectivity index (χ2v) is 9.74. The normalized spacial score (nSPS) is 16.8. The predicted molar refractivity (Wildman–Crippen MR) is 138 cm³/mol. The molecular formula is C28H34N4O5. The van der Waals surface area contributed by atoms with Crippen molar-refractivity contribution in [1.82, 2.24) is 19.4 Å². The molecule has 0 N–H and O–H groups in total. The van der Waals surface area contributed by atoms with Gasteiger partial charge in [-0.1, -0.05) is 0 Å². The van der Waals surface area contributed by atoms with Crippen LogP contribution in [0.3, 0.4) is 0 Å². The minimum Gasteiger partial charge on any atom is -0.497 e. The highest BCUT2D eigenvalue weighted by atomic mass is 16.5. The number of aromatic nitrogens is 2. The van der Waals surface area contributed by atoms with Crippen molar-refractivity contribution in [2.45, 2.75) is 32.6 Å². The number of rotatable bonds is 5. The second kappa shape index (κ2) is 10.4. The molecule has 0 unspecified atom stereocenters. The summed E-state index contributed by atoms with van der Waals surface area (Å²) in [5.74, 6) is 1.97. The molecule has 0 spiro atoms. The number of aryl methyl sites for hydroxylation is 1. The zero-order chi connectivity index (χ0) is 26.1. The van der Waals surface area contributed by atoms with Gasteiger partial charge in [-0.2, -0.15) is 0 Å². The summed E-state index contributed by atoms with van der Waals surface area (Å²) < 4.78 is 18.6. The first kappa shape index (κ1) is 25.1. The molecule has 4 heterocycles. The minimum atomic E-state index is -0.101. The van der Waals surface area contributed by atoms with Crippen LogP contribution in [0.5, 0.6) is 5.75 Å². The molecule has 3 aromatic rings. The van der Waals surface area contributed by atoms with Gasteiger partial charge >= 0.3 is 0 Å². The van der Waals surface area contributed by atoms with Gasteiger partial charge in [0.05, 0.1) is 25.9 Å². The third-order valence-electron chi connectivity index (χ3n) is 7.60. The van der Waals surface area contributed by atoms with Gasteiger partial charge in [0.1, 0.15) is 11.5 Å². The van der Waals surface area contributed by atoms with E-state index in [9.17, 15) is 9.59 Å². The van der Waals surface area contributed by atoms with E-state index in [1.165, 1.54) is 0 Å². The van der Waals surface area contributed by atoms with Crippen LogP contribution in [-0.4, -0.2) is 77.7 Å². The van der Waals surface area contributed by atoms with Crippen molar-refractivity contribution >= 4 is 11.8 Å². The largest absolute Gasteiger partial charge is 0.497 e. The second-order valence-electron chi connectivity index (χ2n) is 9.74. The van der Waals surface area contributed by atoms with Gasteiger partial charge in [-0.25, -0.2) is 4.98 Å². The standard InChI is InChI=1S/C28H34N4O5/c1-18-23(17-24(30(18)3)20-5-7-22(35-4)8-6-20)27(33)31-11-9-21(10-12-31)26-29-25(19(2)37-26)28(34)32-13-15-36-16-14-32/h5-8,17,21H,9-16H2,1-4H3. The molecule has 2 aromatic heterocycles. The van der Waals surface area contributed by atoms with Crippen LogP contribution in [0.25, 0.3) is 11.3 Å². The third-order valence-corrected chi connectivity index (χ3v) is 7.60.